The van der Waals surface area contributed by atoms with Crippen molar-refractivity contribution in [2.24, 2.45) is 17.4 Å². The number of urea groups is 1. The molecule has 0 aliphatic carbocycles. The Bertz CT molecular complexity index is 521. The molecular weight excluding hydrogens is 342 g/mol. The number of carbonyl (C=O) groups is 4. The average molecular weight is 373 g/mol. The average Bonchev–Trinajstić information content (AvgIpc) is 2.49. The third-order valence-electron chi connectivity index (χ3n) is 3.64. The summed E-state index contributed by atoms with van der Waals surface area (Å²) in [6.45, 7) is 6.92. The van der Waals surface area contributed by atoms with Crippen LogP contribution in [0.1, 0.15) is 47.0 Å². The number of carboxylic acid groups (broad SMARTS) is 1. The molecule has 0 aromatic carbocycles. The molecule has 150 valence electrons. The van der Waals surface area contributed by atoms with E-state index in [9.17, 15) is 24.3 Å². The first-order valence-electron chi connectivity index (χ1n) is 8.51. The maximum atomic E-state index is 12.4. The number of amides is 4. The van der Waals surface area contributed by atoms with E-state index in [2.05, 4.69) is 16.0 Å². The number of hydrogen-bond donors (Lipinski definition) is 6. The Labute approximate surface area is 153 Å². The second-order valence-corrected chi connectivity index (χ2v) is 7.15. The number of nitrogens with two attached hydrogens (primary N) is 2. The standard InChI is InChI=1S/C16H31N5O5/c1-9(2)8-11(13(23)24)20-14(25)16(3,4)21-12(22)10(17)6-5-7-19-15(18)26/h9-11H,5-8,17H2,1-4H3,(H,20,25)(H,21,22)(H,23,24)(H3,18,19,26)/t10-,11-/m0/s1. The van der Waals surface area contributed by atoms with Gasteiger partial charge < -0.3 is 32.5 Å². The van der Waals surface area contributed by atoms with Crippen molar-refractivity contribution in [3.63, 3.8) is 0 Å². The van der Waals surface area contributed by atoms with Gasteiger partial charge in [0.1, 0.15) is 11.6 Å². The van der Waals surface area contributed by atoms with Crippen LogP contribution in [0.3, 0.4) is 0 Å². The zero-order valence-corrected chi connectivity index (χ0v) is 15.8. The monoisotopic (exact) mass is 373 g/mol. The molecule has 0 rings (SSSR count). The summed E-state index contributed by atoms with van der Waals surface area (Å²) in [5.41, 5.74) is 9.38. The van der Waals surface area contributed by atoms with Crippen LogP contribution in [-0.2, 0) is 14.4 Å². The number of primary amides is 1. The molecule has 0 aromatic rings. The molecule has 0 unspecified atom stereocenters. The highest BCUT2D eigenvalue weighted by atomic mass is 16.4. The summed E-state index contributed by atoms with van der Waals surface area (Å²) in [6.07, 6.45) is 1.01. The molecule has 0 aliphatic heterocycles. The summed E-state index contributed by atoms with van der Waals surface area (Å²) in [5, 5.41) is 16.6. The lowest BCUT2D eigenvalue weighted by molar-refractivity contribution is -0.143. The number of rotatable bonds is 11. The minimum Gasteiger partial charge on any atom is -0.480 e. The first-order valence-corrected chi connectivity index (χ1v) is 8.51. The molecule has 0 saturated heterocycles. The first-order chi connectivity index (χ1) is 11.9. The van der Waals surface area contributed by atoms with Gasteiger partial charge in [0.15, 0.2) is 0 Å². The maximum Gasteiger partial charge on any atom is 0.326 e. The quantitative estimate of drug-likeness (QED) is 0.260. The number of aliphatic carboxylic acids is 1. The van der Waals surface area contributed by atoms with Crippen molar-refractivity contribution in [1.29, 1.82) is 0 Å². The molecule has 0 saturated carbocycles. The molecular formula is C16H31N5O5. The summed E-state index contributed by atoms with van der Waals surface area (Å²) in [5.74, 6) is -2.20. The Kier molecular flexibility index (Phi) is 9.63. The van der Waals surface area contributed by atoms with E-state index in [1.165, 1.54) is 13.8 Å². The number of hydrogen-bond acceptors (Lipinski definition) is 5. The van der Waals surface area contributed by atoms with Crippen LogP contribution in [-0.4, -0.2) is 53.1 Å². The zero-order chi connectivity index (χ0) is 20.5. The molecule has 0 heterocycles. The second-order valence-electron chi connectivity index (χ2n) is 7.15. The van der Waals surface area contributed by atoms with Crippen molar-refractivity contribution in [3.8, 4) is 0 Å². The lowest BCUT2D eigenvalue weighted by atomic mass is 9.99. The molecule has 0 fully saturated rings. The Balaban J connectivity index is 4.63. The van der Waals surface area contributed by atoms with Crippen LogP contribution in [0.25, 0.3) is 0 Å². The fourth-order valence-electron chi connectivity index (χ4n) is 2.15. The number of carboxylic acids is 1. The van der Waals surface area contributed by atoms with Gasteiger partial charge in [-0.1, -0.05) is 13.8 Å². The molecule has 0 aromatic heterocycles. The summed E-state index contributed by atoms with van der Waals surface area (Å²) in [4.78, 5) is 46.3. The van der Waals surface area contributed by atoms with E-state index in [0.717, 1.165) is 0 Å². The lowest BCUT2D eigenvalue weighted by Gasteiger charge is -2.28. The van der Waals surface area contributed by atoms with Gasteiger partial charge in [0.2, 0.25) is 11.8 Å². The van der Waals surface area contributed by atoms with E-state index >= 15 is 0 Å². The van der Waals surface area contributed by atoms with E-state index in [-0.39, 0.29) is 25.3 Å². The van der Waals surface area contributed by atoms with Crippen molar-refractivity contribution >= 4 is 23.8 Å². The molecule has 0 radical (unpaired) electrons. The molecule has 8 N–H and O–H groups in total. The highest BCUT2D eigenvalue weighted by molar-refractivity contribution is 5.94. The van der Waals surface area contributed by atoms with E-state index in [0.29, 0.717) is 6.42 Å². The van der Waals surface area contributed by atoms with E-state index in [4.69, 9.17) is 11.5 Å². The third-order valence-corrected chi connectivity index (χ3v) is 3.64. The highest BCUT2D eigenvalue weighted by Gasteiger charge is 2.34. The van der Waals surface area contributed by atoms with E-state index in [1.807, 2.05) is 13.8 Å². The van der Waals surface area contributed by atoms with Crippen LogP contribution in [0.4, 0.5) is 4.79 Å². The molecule has 26 heavy (non-hydrogen) atoms. The molecule has 4 amide bonds. The maximum absolute atomic E-state index is 12.4. The van der Waals surface area contributed by atoms with Crippen LogP contribution in [0.15, 0.2) is 0 Å². The minimum absolute atomic E-state index is 0.0801. The van der Waals surface area contributed by atoms with Gasteiger partial charge in [0.25, 0.3) is 0 Å². The summed E-state index contributed by atoms with van der Waals surface area (Å²) in [6, 6.07) is -2.56. The van der Waals surface area contributed by atoms with Gasteiger partial charge in [0, 0.05) is 6.54 Å². The van der Waals surface area contributed by atoms with Crippen LogP contribution in [0.5, 0.6) is 0 Å². The molecule has 0 spiro atoms. The van der Waals surface area contributed by atoms with Crippen LogP contribution in [0.2, 0.25) is 0 Å². The van der Waals surface area contributed by atoms with Crippen LogP contribution >= 0.6 is 0 Å². The summed E-state index contributed by atoms with van der Waals surface area (Å²) in [7, 11) is 0. The van der Waals surface area contributed by atoms with Crippen molar-refractivity contribution in [1.82, 2.24) is 16.0 Å². The van der Waals surface area contributed by atoms with Gasteiger partial charge in [-0.2, -0.15) is 0 Å². The van der Waals surface area contributed by atoms with Gasteiger partial charge in [-0.3, -0.25) is 9.59 Å². The smallest absolute Gasteiger partial charge is 0.326 e. The van der Waals surface area contributed by atoms with Gasteiger partial charge in [-0.05, 0) is 39.0 Å². The molecule has 10 nitrogen and oxygen atoms in total. The van der Waals surface area contributed by atoms with Crippen molar-refractivity contribution in [2.45, 2.75) is 64.6 Å². The summed E-state index contributed by atoms with van der Waals surface area (Å²) < 4.78 is 0. The van der Waals surface area contributed by atoms with Crippen molar-refractivity contribution < 1.29 is 24.3 Å². The number of carbonyl (C=O) groups excluding carboxylic acids is 3. The highest BCUT2D eigenvalue weighted by Crippen LogP contribution is 2.09. The molecule has 0 aliphatic rings. The Hall–Kier alpha value is -2.36. The summed E-state index contributed by atoms with van der Waals surface area (Å²) >= 11 is 0. The molecule has 10 heteroatoms. The number of nitrogens with one attached hydrogen (secondary N) is 3. The molecule has 0 bridgehead atoms. The Morgan fingerprint density at radius 3 is 2.19 bits per heavy atom. The topological polar surface area (TPSA) is 177 Å². The molecule has 2 atom stereocenters. The Morgan fingerprint density at radius 1 is 1.15 bits per heavy atom. The predicted octanol–water partition coefficient (Wildman–Crippen LogP) is -0.727. The lowest BCUT2D eigenvalue weighted by Crippen LogP contribution is -2.60. The zero-order valence-electron chi connectivity index (χ0n) is 15.8. The van der Waals surface area contributed by atoms with Crippen LogP contribution < -0.4 is 27.4 Å². The fraction of sp³-hybridized carbons (Fsp3) is 0.750. The van der Waals surface area contributed by atoms with Gasteiger partial charge >= 0.3 is 12.0 Å². The van der Waals surface area contributed by atoms with E-state index in [1.54, 1.807) is 0 Å². The van der Waals surface area contributed by atoms with E-state index < -0.39 is 41.4 Å². The SMILES string of the molecule is CC(C)C[C@H](NC(=O)C(C)(C)NC(=O)[C@@H](N)CCCNC(N)=O)C(=O)O. The Morgan fingerprint density at radius 2 is 1.73 bits per heavy atom. The van der Waals surface area contributed by atoms with Gasteiger partial charge in [-0.15, -0.1) is 0 Å². The predicted molar refractivity (Wildman–Crippen MR) is 96.0 cm³/mol. The minimum atomic E-state index is -1.33. The van der Waals surface area contributed by atoms with Crippen molar-refractivity contribution in [2.75, 3.05) is 6.54 Å². The second kappa shape index (κ2) is 10.6. The largest absolute Gasteiger partial charge is 0.480 e. The van der Waals surface area contributed by atoms with Gasteiger partial charge in [-0.25, -0.2) is 9.59 Å². The first kappa shape index (κ1) is 23.6. The van der Waals surface area contributed by atoms with Crippen molar-refractivity contribution in [3.05, 3.63) is 0 Å². The normalized spacial score (nSPS) is 13.6. The fourth-order valence-corrected chi connectivity index (χ4v) is 2.15. The van der Waals surface area contributed by atoms with Gasteiger partial charge in [0.05, 0.1) is 6.04 Å². The van der Waals surface area contributed by atoms with Crippen LogP contribution in [0, 0.1) is 5.92 Å². The third kappa shape index (κ3) is 9.21.